The van der Waals surface area contributed by atoms with Crippen molar-refractivity contribution in [3.8, 4) is 5.75 Å². The lowest BCUT2D eigenvalue weighted by atomic mass is 9.97. The predicted molar refractivity (Wildman–Crippen MR) is 133 cm³/mol. The van der Waals surface area contributed by atoms with E-state index in [0.29, 0.717) is 18.1 Å². The third-order valence-electron chi connectivity index (χ3n) is 5.79. The Morgan fingerprint density at radius 3 is 2.58 bits per heavy atom. The van der Waals surface area contributed by atoms with E-state index in [4.69, 9.17) is 10.5 Å². The molecular weight excluding hydrogens is 465 g/mol. The molecule has 0 radical (unpaired) electrons. The fraction of sp³-hybridized carbons (Fsp3) is 0.231. The number of halogens is 1. The fourth-order valence-corrected chi connectivity index (χ4v) is 3.94. The number of nitrogens with zero attached hydrogens (tertiary/aromatic N) is 2. The van der Waals surface area contributed by atoms with E-state index in [1.807, 2.05) is 4.90 Å². The van der Waals surface area contributed by atoms with Gasteiger partial charge in [0.15, 0.2) is 6.61 Å². The first-order valence-electron chi connectivity index (χ1n) is 11.5. The van der Waals surface area contributed by atoms with E-state index in [9.17, 15) is 18.8 Å². The average molecular weight is 492 g/mol. The topological polar surface area (TPSA) is 127 Å². The summed E-state index contributed by atoms with van der Waals surface area (Å²) in [5.74, 6) is -1.18. The van der Waals surface area contributed by atoms with Gasteiger partial charge in [0.1, 0.15) is 17.4 Å². The van der Waals surface area contributed by atoms with E-state index >= 15 is 0 Å². The van der Waals surface area contributed by atoms with Crippen LogP contribution in [0.4, 0.5) is 21.6 Å². The summed E-state index contributed by atoms with van der Waals surface area (Å²) in [6.45, 7) is 0.887. The van der Waals surface area contributed by atoms with Gasteiger partial charge in [-0.25, -0.2) is 9.37 Å². The molecule has 1 atom stereocenters. The Bertz CT molecular complexity index is 1250. The Hall–Kier alpha value is -4.47. The minimum Gasteiger partial charge on any atom is -0.483 e. The van der Waals surface area contributed by atoms with Crippen LogP contribution in [0.15, 0.2) is 66.9 Å². The Kier molecular flexibility index (Phi) is 7.74. The van der Waals surface area contributed by atoms with Crippen molar-refractivity contribution < 1.29 is 23.5 Å². The summed E-state index contributed by atoms with van der Waals surface area (Å²) in [6, 6.07) is 15.8. The van der Waals surface area contributed by atoms with Crippen molar-refractivity contribution in [2.75, 3.05) is 35.2 Å². The Morgan fingerprint density at radius 2 is 1.83 bits per heavy atom. The van der Waals surface area contributed by atoms with Crippen molar-refractivity contribution in [1.29, 1.82) is 0 Å². The number of nitrogens with one attached hydrogen (secondary N) is 2. The molecule has 10 heteroatoms. The Labute approximate surface area is 207 Å². The van der Waals surface area contributed by atoms with Crippen LogP contribution in [-0.4, -0.2) is 42.4 Å². The number of anilines is 3. The lowest BCUT2D eigenvalue weighted by molar-refractivity contribution is -0.122. The van der Waals surface area contributed by atoms with Crippen molar-refractivity contribution in [1.82, 2.24) is 4.98 Å². The molecule has 2 heterocycles. The molecule has 0 spiro atoms. The van der Waals surface area contributed by atoms with Gasteiger partial charge in [0.25, 0.3) is 11.8 Å². The van der Waals surface area contributed by atoms with Gasteiger partial charge in [0, 0.05) is 13.1 Å². The van der Waals surface area contributed by atoms with Gasteiger partial charge in [-0.15, -0.1) is 0 Å². The lowest BCUT2D eigenvalue weighted by Crippen LogP contribution is -2.41. The maximum absolute atomic E-state index is 13.7. The molecule has 3 aromatic rings. The first kappa shape index (κ1) is 24.6. The van der Waals surface area contributed by atoms with Gasteiger partial charge in [0.05, 0.1) is 29.1 Å². The number of hydrogen-bond acceptors (Lipinski definition) is 6. The zero-order valence-electron chi connectivity index (χ0n) is 19.4. The highest BCUT2D eigenvalue weighted by Gasteiger charge is 2.24. The van der Waals surface area contributed by atoms with Crippen molar-refractivity contribution in [2.24, 2.45) is 11.7 Å². The summed E-state index contributed by atoms with van der Waals surface area (Å²) in [5.41, 5.74) is 6.19. The highest BCUT2D eigenvalue weighted by atomic mass is 19.1. The normalized spacial score (nSPS) is 15.1. The summed E-state index contributed by atoms with van der Waals surface area (Å²) in [7, 11) is 0. The van der Waals surface area contributed by atoms with Gasteiger partial charge in [0.2, 0.25) is 5.91 Å². The molecule has 36 heavy (non-hydrogen) atoms. The van der Waals surface area contributed by atoms with Crippen molar-refractivity contribution in [3.05, 3.63) is 78.2 Å². The smallest absolute Gasteiger partial charge is 0.262 e. The number of piperidine rings is 1. The van der Waals surface area contributed by atoms with Crippen LogP contribution in [0.5, 0.6) is 5.75 Å². The number of amides is 3. The van der Waals surface area contributed by atoms with E-state index in [-0.39, 0.29) is 28.8 Å². The monoisotopic (exact) mass is 491 g/mol. The Morgan fingerprint density at radius 1 is 1.06 bits per heavy atom. The molecule has 4 N–H and O–H groups in total. The highest BCUT2D eigenvalue weighted by Crippen LogP contribution is 2.24. The molecule has 1 aliphatic rings. The molecule has 0 aliphatic carbocycles. The number of benzene rings is 2. The molecule has 3 amide bonds. The molecule has 1 fully saturated rings. The van der Waals surface area contributed by atoms with Gasteiger partial charge < -0.3 is 26.0 Å². The standard InChI is InChI=1S/C26H26FN5O4/c27-20-8-2-3-9-21(20)31-24(33)16-36-22-10-4-1-7-19(22)26(35)30-18-11-12-23(29-14-18)32-13-5-6-17(15-32)25(28)34/h1-4,7-12,14,17H,5-6,13,15-16H2,(H2,28,34)(H,30,35)(H,31,33). The molecule has 1 aliphatic heterocycles. The number of rotatable bonds is 8. The zero-order chi connectivity index (χ0) is 25.5. The maximum atomic E-state index is 13.7. The molecule has 1 unspecified atom stereocenters. The number of carbonyl (C=O) groups is 3. The van der Waals surface area contributed by atoms with Crippen molar-refractivity contribution in [2.45, 2.75) is 12.8 Å². The van der Waals surface area contributed by atoms with E-state index in [1.165, 1.54) is 24.4 Å². The number of carbonyl (C=O) groups excluding carboxylic acids is 3. The van der Waals surface area contributed by atoms with Gasteiger partial charge in [-0.05, 0) is 49.2 Å². The largest absolute Gasteiger partial charge is 0.483 e. The molecule has 0 saturated carbocycles. The third kappa shape index (κ3) is 6.15. The number of primary amides is 1. The molecule has 0 bridgehead atoms. The Balaban J connectivity index is 1.36. The van der Waals surface area contributed by atoms with Crippen LogP contribution < -0.4 is 26.0 Å². The van der Waals surface area contributed by atoms with Crippen LogP contribution >= 0.6 is 0 Å². The van der Waals surface area contributed by atoms with Crippen LogP contribution in [0.2, 0.25) is 0 Å². The number of hydrogen-bond donors (Lipinski definition) is 3. The number of nitrogens with two attached hydrogens (primary N) is 1. The summed E-state index contributed by atoms with van der Waals surface area (Å²) in [5, 5.41) is 5.20. The molecule has 1 saturated heterocycles. The van der Waals surface area contributed by atoms with Crippen molar-refractivity contribution in [3.63, 3.8) is 0 Å². The number of ether oxygens (including phenoxy) is 1. The molecule has 2 aromatic carbocycles. The second-order valence-corrected chi connectivity index (χ2v) is 8.36. The summed E-state index contributed by atoms with van der Waals surface area (Å²) in [4.78, 5) is 43.0. The van der Waals surface area contributed by atoms with Gasteiger partial charge >= 0.3 is 0 Å². The molecule has 186 valence electrons. The molecule has 4 rings (SSSR count). The van der Waals surface area contributed by atoms with Crippen molar-refractivity contribution >= 4 is 34.9 Å². The minimum atomic E-state index is -0.564. The number of aromatic nitrogens is 1. The van der Waals surface area contributed by atoms with Gasteiger partial charge in [-0.1, -0.05) is 24.3 Å². The summed E-state index contributed by atoms with van der Waals surface area (Å²) in [6.07, 6.45) is 3.15. The second kappa shape index (κ2) is 11.3. The molecular formula is C26H26FN5O4. The quantitative estimate of drug-likeness (QED) is 0.444. The molecule has 1 aromatic heterocycles. The summed E-state index contributed by atoms with van der Waals surface area (Å²) >= 11 is 0. The van der Waals surface area contributed by atoms with Crippen LogP contribution in [-0.2, 0) is 9.59 Å². The van der Waals surface area contributed by atoms with Gasteiger partial charge in [-0.2, -0.15) is 0 Å². The first-order chi connectivity index (χ1) is 17.4. The highest BCUT2D eigenvalue weighted by molar-refractivity contribution is 6.06. The van der Waals surface area contributed by atoms with Crippen LogP contribution in [0.25, 0.3) is 0 Å². The van der Waals surface area contributed by atoms with Crippen LogP contribution in [0.1, 0.15) is 23.2 Å². The summed E-state index contributed by atoms with van der Waals surface area (Å²) < 4.78 is 19.3. The van der Waals surface area contributed by atoms with Gasteiger partial charge in [-0.3, -0.25) is 14.4 Å². The fourth-order valence-electron chi connectivity index (χ4n) is 3.94. The zero-order valence-corrected chi connectivity index (χ0v) is 19.4. The van der Waals surface area contributed by atoms with Crippen LogP contribution in [0, 0.1) is 11.7 Å². The predicted octanol–water partition coefficient (Wildman–Crippen LogP) is 3.19. The number of para-hydroxylation sites is 2. The minimum absolute atomic E-state index is 0.0442. The van der Waals surface area contributed by atoms with E-state index in [2.05, 4.69) is 15.6 Å². The van der Waals surface area contributed by atoms with E-state index < -0.39 is 24.2 Å². The van der Waals surface area contributed by atoms with E-state index in [1.54, 1.807) is 42.5 Å². The SMILES string of the molecule is NC(=O)C1CCCN(c2ccc(NC(=O)c3ccccc3OCC(=O)Nc3ccccc3F)cn2)C1. The average Bonchev–Trinajstić information content (AvgIpc) is 2.89. The molecule has 9 nitrogen and oxygen atoms in total. The number of pyridine rings is 1. The second-order valence-electron chi connectivity index (χ2n) is 8.36. The van der Waals surface area contributed by atoms with Crippen LogP contribution in [0.3, 0.4) is 0 Å². The lowest BCUT2D eigenvalue weighted by Gasteiger charge is -2.32. The maximum Gasteiger partial charge on any atom is 0.262 e. The first-order valence-corrected chi connectivity index (χ1v) is 11.5. The van der Waals surface area contributed by atoms with E-state index in [0.717, 1.165) is 19.4 Å². The third-order valence-corrected chi connectivity index (χ3v) is 5.79.